The minimum absolute atomic E-state index is 0.000438. The van der Waals surface area contributed by atoms with Crippen LogP contribution < -0.4 is 5.32 Å². The number of nitrogens with one attached hydrogen (secondary N) is 1. The molecule has 4 heterocycles. The molecule has 1 aliphatic heterocycles. The number of thiophene rings is 1. The van der Waals surface area contributed by atoms with E-state index < -0.39 is 0 Å². The first-order valence-electron chi connectivity index (χ1n) is 7.64. The SMILES string of the molecule is O=C(Cc1ccsc1)NCC1Cn2nnc(-c3ccoc3)c2CO1. The summed E-state index contributed by atoms with van der Waals surface area (Å²) in [6.45, 7) is 1.45. The van der Waals surface area contributed by atoms with Gasteiger partial charge in [0.15, 0.2) is 0 Å². The third-order valence-corrected chi connectivity index (χ3v) is 4.67. The largest absolute Gasteiger partial charge is 0.472 e. The van der Waals surface area contributed by atoms with Gasteiger partial charge in [0.2, 0.25) is 5.91 Å². The van der Waals surface area contributed by atoms with E-state index in [1.54, 1.807) is 23.9 Å². The van der Waals surface area contributed by atoms with Gasteiger partial charge in [-0.05, 0) is 28.5 Å². The molecule has 0 saturated carbocycles. The average molecular weight is 344 g/mol. The Morgan fingerprint density at radius 1 is 1.46 bits per heavy atom. The van der Waals surface area contributed by atoms with E-state index in [2.05, 4.69) is 15.6 Å². The van der Waals surface area contributed by atoms with E-state index in [0.717, 1.165) is 22.5 Å². The Bertz CT molecular complexity index is 811. The molecule has 1 unspecified atom stereocenters. The second-order valence-electron chi connectivity index (χ2n) is 5.62. The van der Waals surface area contributed by atoms with Gasteiger partial charge in [-0.1, -0.05) is 5.21 Å². The van der Waals surface area contributed by atoms with E-state index in [1.165, 1.54) is 0 Å². The van der Waals surface area contributed by atoms with E-state index in [0.29, 0.717) is 26.1 Å². The van der Waals surface area contributed by atoms with Gasteiger partial charge >= 0.3 is 0 Å². The van der Waals surface area contributed by atoms with E-state index in [9.17, 15) is 4.79 Å². The molecular formula is C16H16N4O3S. The zero-order valence-corrected chi connectivity index (χ0v) is 13.7. The van der Waals surface area contributed by atoms with Crippen LogP contribution in [0, 0.1) is 0 Å². The summed E-state index contributed by atoms with van der Waals surface area (Å²) in [5.41, 5.74) is 3.63. The fourth-order valence-electron chi connectivity index (χ4n) is 2.68. The van der Waals surface area contributed by atoms with Crippen LogP contribution in [0.4, 0.5) is 0 Å². The molecule has 7 nitrogen and oxygen atoms in total. The van der Waals surface area contributed by atoms with E-state index >= 15 is 0 Å². The molecule has 1 aliphatic rings. The van der Waals surface area contributed by atoms with Gasteiger partial charge in [0.05, 0.1) is 43.9 Å². The summed E-state index contributed by atoms with van der Waals surface area (Å²) in [7, 11) is 0. The molecule has 4 rings (SSSR count). The molecule has 8 heteroatoms. The predicted molar refractivity (Wildman–Crippen MR) is 87.3 cm³/mol. The molecule has 0 fully saturated rings. The normalized spacial score (nSPS) is 16.8. The van der Waals surface area contributed by atoms with Crippen molar-refractivity contribution in [1.29, 1.82) is 0 Å². The molecule has 0 spiro atoms. The molecule has 1 amide bonds. The lowest BCUT2D eigenvalue weighted by Gasteiger charge is -2.24. The zero-order chi connectivity index (χ0) is 16.4. The summed E-state index contributed by atoms with van der Waals surface area (Å²) < 4.78 is 12.8. The summed E-state index contributed by atoms with van der Waals surface area (Å²) in [6, 6.07) is 3.81. The molecule has 0 radical (unpaired) electrons. The van der Waals surface area contributed by atoms with Crippen LogP contribution in [0.3, 0.4) is 0 Å². The van der Waals surface area contributed by atoms with E-state index in [4.69, 9.17) is 9.15 Å². The molecule has 24 heavy (non-hydrogen) atoms. The highest BCUT2D eigenvalue weighted by molar-refractivity contribution is 7.07. The van der Waals surface area contributed by atoms with Gasteiger partial charge in [-0.3, -0.25) is 4.79 Å². The Morgan fingerprint density at radius 2 is 2.42 bits per heavy atom. The monoisotopic (exact) mass is 344 g/mol. The third kappa shape index (κ3) is 3.10. The number of rotatable bonds is 5. The van der Waals surface area contributed by atoms with Gasteiger partial charge in [-0.2, -0.15) is 11.3 Å². The Labute approximate surface area is 142 Å². The van der Waals surface area contributed by atoms with E-state index in [-0.39, 0.29) is 12.0 Å². The van der Waals surface area contributed by atoms with Gasteiger partial charge < -0.3 is 14.5 Å². The number of ether oxygens (including phenoxy) is 1. The maximum atomic E-state index is 12.0. The van der Waals surface area contributed by atoms with Crippen molar-refractivity contribution in [1.82, 2.24) is 20.3 Å². The highest BCUT2D eigenvalue weighted by atomic mass is 32.1. The topological polar surface area (TPSA) is 82.2 Å². The van der Waals surface area contributed by atoms with Crippen molar-refractivity contribution in [3.05, 3.63) is 46.7 Å². The number of amides is 1. The van der Waals surface area contributed by atoms with Crippen molar-refractivity contribution in [2.45, 2.75) is 25.7 Å². The minimum Gasteiger partial charge on any atom is -0.472 e. The number of fused-ring (bicyclic) bond motifs is 1. The number of hydrogen-bond acceptors (Lipinski definition) is 6. The quantitative estimate of drug-likeness (QED) is 0.764. The van der Waals surface area contributed by atoms with Gasteiger partial charge in [-0.25, -0.2) is 4.68 Å². The van der Waals surface area contributed by atoms with Crippen LogP contribution in [-0.2, 0) is 29.1 Å². The van der Waals surface area contributed by atoms with Crippen LogP contribution in [0.5, 0.6) is 0 Å². The first kappa shape index (κ1) is 15.1. The molecule has 1 atom stereocenters. The fourth-order valence-corrected chi connectivity index (χ4v) is 3.35. The van der Waals surface area contributed by atoms with Gasteiger partial charge in [-0.15, -0.1) is 5.10 Å². The third-order valence-electron chi connectivity index (χ3n) is 3.94. The smallest absolute Gasteiger partial charge is 0.224 e. The molecule has 1 N–H and O–H groups in total. The first-order valence-corrected chi connectivity index (χ1v) is 8.58. The van der Waals surface area contributed by atoms with Gasteiger partial charge in [0.25, 0.3) is 0 Å². The highest BCUT2D eigenvalue weighted by Crippen LogP contribution is 2.25. The van der Waals surface area contributed by atoms with Crippen LogP contribution in [0.15, 0.2) is 39.8 Å². The van der Waals surface area contributed by atoms with Crippen LogP contribution in [-0.4, -0.2) is 33.5 Å². The second-order valence-corrected chi connectivity index (χ2v) is 6.40. The number of hydrogen-bond donors (Lipinski definition) is 1. The van der Waals surface area contributed by atoms with Gasteiger partial charge in [0.1, 0.15) is 5.69 Å². The van der Waals surface area contributed by atoms with Crippen molar-refractivity contribution in [2.24, 2.45) is 0 Å². The first-order chi connectivity index (χ1) is 11.8. The summed E-state index contributed by atoms with van der Waals surface area (Å²) in [5, 5.41) is 15.3. The van der Waals surface area contributed by atoms with Crippen molar-refractivity contribution in [3.63, 3.8) is 0 Å². The number of carbonyl (C=O) groups is 1. The lowest BCUT2D eigenvalue weighted by molar-refractivity contribution is -0.121. The molecular weight excluding hydrogens is 328 g/mol. The second kappa shape index (κ2) is 6.58. The molecule has 0 saturated heterocycles. The Kier molecular flexibility index (Phi) is 4.14. The Morgan fingerprint density at radius 3 is 3.21 bits per heavy atom. The maximum absolute atomic E-state index is 12.0. The standard InChI is InChI=1S/C16H16N4O3S/c21-15(5-11-2-4-24-10-11)17-6-13-7-20-14(9-23-13)16(18-19-20)12-1-3-22-8-12/h1-4,8,10,13H,5-7,9H2,(H,17,21). The summed E-state index contributed by atoms with van der Waals surface area (Å²) in [4.78, 5) is 12.0. The van der Waals surface area contributed by atoms with E-state index in [1.807, 2.05) is 27.6 Å². The summed E-state index contributed by atoms with van der Waals surface area (Å²) in [6.07, 6.45) is 3.54. The van der Waals surface area contributed by atoms with Crippen molar-refractivity contribution < 1.29 is 13.9 Å². The Hall–Kier alpha value is -2.45. The Balaban J connectivity index is 1.34. The highest BCUT2D eigenvalue weighted by Gasteiger charge is 2.25. The number of furan rings is 1. The predicted octanol–water partition coefficient (Wildman–Crippen LogP) is 1.86. The van der Waals surface area contributed by atoms with Crippen LogP contribution in [0.1, 0.15) is 11.3 Å². The number of nitrogens with zero attached hydrogens (tertiary/aromatic N) is 3. The van der Waals surface area contributed by atoms with Crippen LogP contribution >= 0.6 is 11.3 Å². The minimum atomic E-state index is -0.108. The molecule has 0 aliphatic carbocycles. The lowest BCUT2D eigenvalue weighted by Crippen LogP contribution is -2.39. The summed E-state index contributed by atoms with van der Waals surface area (Å²) in [5.74, 6) is 0.000438. The lowest BCUT2D eigenvalue weighted by atomic mass is 10.2. The summed E-state index contributed by atoms with van der Waals surface area (Å²) >= 11 is 1.59. The number of carbonyl (C=O) groups excluding carboxylic acids is 1. The average Bonchev–Trinajstić information content (AvgIpc) is 3.33. The fraction of sp³-hybridized carbons (Fsp3) is 0.312. The van der Waals surface area contributed by atoms with Crippen LogP contribution in [0.25, 0.3) is 11.3 Å². The molecule has 0 bridgehead atoms. The van der Waals surface area contributed by atoms with Crippen molar-refractivity contribution >= 4 is 17.2 Å². The molecule has 3 aromatic rings. The molecule has 0 aromatic carbocycles. The molecule has 3 aromatic heterocycles. The van der Waals surface area contributed by atoms with Gasteiger partial charge in [0, 0.05) is 12.1 Å². The number of aromatic nitrogens is 3. The maximum Gasteiger partial charge on any atom is 0.224 e. The van der Waals surface area contributed by atoms with Crippen LogP contribution in [0.2, 0.25) is 0 Å². The zero-order valence-electron chi connectivity index (χ0n) is 12.8. The van der Waals surface area contributed by atoms with Crippen molar-refractivity contribution in [2.75, 3.05) is 6.54 Å². The molecule has 124 valence electrons. The van der Waals surface area contributed by atoms with Crippen molar-refractivity contribution in [3.8, 4) is 11.3 Å².